The molecule has 1 atom stereocenters. The van der Waals surface area contributed by atoms with E-state index in [1.807, 2.05) is 13.8 Å². The molecule has 0 fully saturated rings. The Balaban J connectivity index is 1.52. The van der Waals surface area contributed by atoms with Gasteiger partial charge in [-0.3, -0.25) is 9.59 Å². The van der Waals surface area contributed by atoms with Crippen LogP contribution in [-0.2, 0) is 6.61 Å². The molecule has 1 aromatic heterocycles. The molecular weight excluding hydrogens is 406 g/mol. The summed E-state index contributed by atoms with van der Waals surface area (Å²) in [6.45, 7) is 4.03. The number of rotatable bonds is 8. The number of ether oxygens (including phenoxy) is 1. The highest BCUT2D eigenvalue weighted by molar-refractivity contribution is 6.30. The maximum absolute atomic E-state index is 12.2. The minimum absolute atomic E-state index is 0.0626. The van der Waals surface area contributed by atoms with Crippen molar-refractivity contribution in [3.63, 3.8) is 0 Å². The van der Waals surface area contributed by atoms with Gasteiger partial charge in [0.1, 0.15) is 12.4 Å². The number of nitrogens with one attached hydrogen (secondary N) is 2. The summed E-state index contributed by atoms with van der Waals surface area (Å²) in [4.78, 5) is 24.3. The van der Waals surface area contributed by atoms with Crippen LogP contribution >= 0.6 is 11.6 Å². The summed E-state index contributed by atoms with van der Waals surface area (Å²) in [5.41, 5.74) is 1.36. The number of anilines is 1. The number of nitrogens with zero attached hydrogens (tertiary/aromatic N) is 1. The van der Waals surface area contributed by atoms with Crippen molar-refractivity contribution in [2.45, 2.75) is 32.9 Å². The molecule has 1 unspecified atom stereocenters. The van der Waals surface area contributed by atoms with Gasteiger partial charge in [0.05, 0.1) is 0 Å². The van der Waals surface area contributed by atoms with Gasteiger partial charge in [0, 0.05) is 28.4 Å². The first-order valence-corrected chi connectivity index (χ1v) is 9.88. The average Bonchev–Trinajstić information content (AvgIpc) is 3.23. The number of benzene rings is 2. The van der Waals surface area contributed by atoms with E-state index in [2.05, 4.69) is 15.8 Å². The van der Waals surface area contributed by atoms with E-state index in [1.165, 1.54) is 0 Å². The highest BCUT2D eigenvalue weighted by atomic mass is 35.5. The van der Waals surface area contributed by atoms with Gasteiger partial charge in [0.25, 0.3) is 11.8 Å². The van der Waals surface area contributed by atoms with Crippen LogP contribution in [0.3, 0.4) is 0 Å². The topological polar surface area (TPSA) is 93.5 Å². The first kappa shape index (κ1) is 21.4. The monoisotopic (exact) mass is 427 g/mol. The second-order valence-corrected chi connectivity index (χ2v) is 7.17. The molecule has 1 heterocycles. The molecule has 30 heavy (non-hydrogen) atoms. The Bertz CT molecular complexity index is 1000. The standard InChI is InChI=1S/C22H22ClN3O4/c1-3-14(2)24-22(28)20-12-19(30-26-20)13-29-18-10-8-17(9-11-18)25-21(27)15-4-6-16(23)7-5-15/h4-12,14H,3,13H2,1-2H3,(H,24,28)(H,25,27). The van der Waals surface area contributed by atoms with Gasteiger partial charge in [0.15, 0.2) is 11.5 Å². The van der Waals surface area contributed by atoms with Crippen LogP contribution in [0.5, 0.6) is 5.75 Å². The molecule has 0 spiro atoms. The lowest BCUT2D eigenvalue weighted by molar-refractivity contribution is 0.0929. The molecule has 0 aliphatic carbocycles. The Morgan fingerprint density at radius 2 is 1.80 bits per heavy atom. The molecule has 0 bridgehead atoms. The third kappa shape index (κ3) is 5.84. The lowest BCUT2D eigenvalue weighted by Gasteiger charge is -2.08. The fourth-order valence-electron chi connectivity index (χ4n) is 2.48. The van der Waals surface area contributed by atoms with E-state index >= 15 is 0 Å². The van der Waals surface area contributed by atoms with Crippen molar-refractivity contribution < 1.29 is 18.8 Å². The third-order valence-electron chi connectivity index (χ3n) is 4.38. The van der Waals surface area contributed by atoms with Crippen LogP contribution in [0.4, 0.5) is 5.69 Å². The van der Waals surface area contributed by atoms with Crippen molar-refractivity contribution in [1.29, 1.82) is 0 Å². The van der Waals surface area contributed by atoms with E-state index < -0.39 is 0 Å². The number of aromatic nitrogens is 1. The van der Waals surface area contributed by atoms with Gasteiger partial charge in [-0.05, 0) is 61.9 Å². The quantitative estimate of drug-likeness (QED) is 0.544. The van der Waals surface area contributed by atoms with Crippen LogP contribution in [0.2, 0.25) is 5.02 Å². The lowest BCUT2D eigenvalue weighted by Crippen LogP contribution is -2.32. The summed E-state index contributed by atoms with van der Waals surface area (Å²) in [6, 6.07) is 15.2. The van der Waals surface area contributed by atoms with E-state index in [9.17, 15) is 9.59 Å². The third-order valence-corrected chi connectivity index (χ3v) is 4.63. The second-order valence-electron chi connectivity index (χ2n) is 6.74. The molecule has 0 saturated carbocycles. The number of hydrogen-bond acceptors (Lipinski definition) is 5. The highest BCUT2D eigenvalue weighted by Crippen LogP contribution is 2.18. The molecule has 2 N–H and O–H groups in total. The van der Waals surface area contributed by atoms with Gasteiger partial charge in [-0.2, -0.15) is 0 Å². The number of halogens is 1. The minimum atomic E-state index is -0.278. The van der Waals surface area contributed by atoms with E-state index in [0.717, 1.165) is 6.42 Å². The fourth-order valence-corrected chi connectivity index (χ4v) is 2.61. The molecule has 0 saturated heterocycles. The summed E-state index contributed by atoms with van der Waals surface area (Å²) < 4.78 is 10.8. The molecular formula is C22H22ClN3O4. The Hall–Kier alpha value is -3.32. The van der Waals surface area contributed by atoms with Crippen molar-refractivity contribution in [1.82, 2.24) is 10.5 Å². The van der Waals surface area contributed by atoms with Crippen LogP contribution in [-0.4, -0.2) is 23.0 Å². The van der Waals surface area contributed by atoms with E-state index in [0.29, 0.717) is 27.8 Å². The predicted molar refractivity (Wildman–Crippen MR) is 114 cm³/mol. The Morgan fingerprint density at radius 1 is 1.10 bits per heavy atom. The van der Waals surface area contributed by atoms with Crippen LogP contribution in [0.1, 0.15) is 46.9 Å². The van der Waals surface area contributed by atoms with Crippen molar-refractivity contribution in [2.24, 2.45) is 0 Å². The molecule has 2 amide bonds. The molecule has 8 heteroatoms. The fraction of sp³-hybridized carbons (Fsp3) is 0.227. The molecule has 0 aliphatic heterocycles. The van der Waals surface area contributed by atoms with Crippen molar-refractivity contribution >= 4 is 29.1 Å². The van der Waals surface area contributed by atoms with Gasteiger partial charge in [-0.25, -0.2) is 0 Å². The zero-order valence-electron chi connectivity index (χ0n) is 16.6. The number of hydrogen-bond donors (Lipinski definition) is 2. The maximum Gasteiger partial charge on any atom is 0.273 e. The van der Waals surface area contributed by atoms with Gasteiger partial charge in [0.2, 0.25) is 0 Å². The summed E-state index contributed by atoms with van der Waals surface area (Å²) in [7, 11) is 0. The second kappa shape index (κ2) is 9.93. The van der Waals surface area contributed by atoms with Gasteiger partial charge in [-0.1, -0.05) is 23.7 Å². The van der Waals surface area contributed by atoms with Gasteiger partial charge >= 0.3 is 0 Å². The van der Waals surface area contributed by atoms with Crippen molar-refractivity contribution in [2.75, 3.05) is 5.32 Å². The maximum atomic E-state index is 12.2. The Labute approximate surface area is 179 Å². The summed E-state index contributed by atoms with van der Waals surface area (Å²) >= 11 is 5.83. The smallest absolute Gasteiger partial charge is 0.273 e. The first-order valence-electron chi connectivity index (χ1n) is 9.51. The van der Waals surface area contributed by atoms with Gasteiger partial charge in [-0.15, -0.1) is 0 Å². The zero-order chi connectivity index (χ0) is 21.5. The molecule has 0 radical (unpaired) electrons. The average molecular weight is 428 g/mol. The summed E-state index contributed by atoms with van der Waals surface area (Å²) in [5, 5.41) is 9.98. The molecule has 7 nitrogen and oxygen atoms in total. The van der Waals surface area contributed by atoms with Crippen LogP contribution in [0.15, 0.2) is 59.1 Å². The van der Waals surface area contributed by atoms with E-state index in [1.54, 1.807) is 54.6 Å². The predicted octanol–water partition coefficient (Wildman–Crippen LogP) is 4.69. The minimum Gasteiger partial charge on any atom is -0.486 e. The van der Waals surface area contributed by atoms with Crippen LogP contribution in [0.25, 0.3) is 0 Å². The Morgan fingerprint density at radius 3 is 2.47 bits per heavy atom. The lowest BCUT2D eigenvalue weighted by atomic mass is 10.2. The number of carbonyl (C=O) groups excluding carboxylic acids is 2. The van der Waals surface area contributed by atoms with E-state index in [-0.39, 0.29) is 30.2 Å². The first-order chi connectivity index (χ1) is 14.4. The van der Waals surface area contributed by atoms with E-state index in [4.69, 9.17) is 20.9 Å². The van der Waals surface area contributed by atoms with Gasteiger partial charge < -0.3 is 19.9 Å². The highest BCUT2D eigenvalue weighted by Gasteiger charge is 2.14. The molecule has 0 aliphatic rings. The molecule has 156 valence electrons. The molecule has 2 aromatic carbocycles. The summed E-state index contributed by atoms with van der Waals surface area (Å²) in [5.74, 6) is 0.510. The SMILES string of the molecule is CCC(C)NC(=O)c1cc(COc2ccc(NC(=O)c3ccc(Cl)cc3)cc2)on1. The van der Waals surface area contributed by atoms with Crippen molar-refractivity contribution in [3.05, 3.63) is 76.6 Å². The zero-order valence-corrected chi connectivity index (χ0v) is 17.4. The Kier molecular flexibility index (Phi) is 7.08. The van der Waals surface area contributed by atoms with Crippen molar-refractivity contribution in [3.8, 4) is 5.75 Å². The summed E-state index contributed by atoms with van der Waals surface area (Å²) in [6.07, 6.45) is 0.829. The largest absolute Gasteiger partial charge is 0.486 e. The number of amides is 2. The molecule has 3 aromatic rings. The molecule has 3 rings (SSSR count). The number of carbonyl (C=O) groups is 2. The normalized spacial score (nSPS) is 11.6. The van der Waals surface area contributed by atoms with Crippen LogP contribution in [0, 0.1) is 0 Å². The van der Waals surface area contributed by atoms with Crippen LogP contribution < -0.4 is 15.4 Å².